The number of oxazole rings is 1. The SMILES string of the molecule is CCOc1ccc(Nc2oc(-c3ccco3)nc2S(=O)(=O)c2ccc(F)cc2)cc1. The number of nitrogens with one attached hydrogen (secondary N) is 1. The fourth-order valence-corrected chi connectivity index (χ4v) is 3.99. The monoisotopic (exact) mass is 428 g/mol. The molecule has 4 aromatic rings. The fraction of sp³-hybridized carbons (Fsp3) is 0.0952. The molecule has 1 N–H and O–H groups in total. The normalized spacial score (nSPS) is 11.4. The second kappa shape index (κ2) is 8.03. The minimum atomic E-state index is -4.09. The third kappa shape index (κ3) is 3.92. The summed E-state index contributed by atoms with van der Waals surface area (Å²) in [5, 5.41) is 2.59. The summed E-state index contributed by atoms with van der Waals surface area (Å²) in [5.74, 6) is 0.309. The number of rotatable bonds is 7. The van der Waals surface area contributed by atoms with Gasteiger partial charge >= 0.3 is 0 Å². The number of aromatic nitrogens is 1. The van der Waals surface area contributed by atoms with Crippen LogP contribution >= 0.6 is 0 Å². The molecule has 0 spiro atoms. The number of nitrogens with zero attached hydrogens (tertiary/aromatic N) is 1. The van der Waals surface area contributed by atoms with Gasteiger partial charge in [0.05, 0.1) is 17.8 Å². The Bertz CT molecular complexity index is 1230. The minimum Gasteiger partial charge on any atom is -0.494 e. The molecule has 0 saturated carbocycles. The van der Waals surface area contributed by atoms with Gasteiger partial charge in [0.15, 0.2) is 5.76 Å². The third-order valence-electron chi connectivity index (χ3n) is 4.13. The Morgan fingerprint density at radius 1 is 1.07 bits per heavy atom. The Balaban J connectivity index is 1.76. The largest absolute Gasteiger partial charge is 0.494 e. The molecule has 0 radical (unpaired) electrons. The predicted molar refractivity (Wildman–Crippen MR) is 107 cm³/mol. The fourth-order valence-electron chi connectivity index (χ4n) is 2.73. The van der Waals surface area contributed by atoms with Gasteiger partial charge in [0, 0.05) is 5.69 Å². The van der Waals surface area contributed by atoms with Crippen LogP contribution in [0.1, 0.15) is 6.92 Å². The molecule has 154 valence electrons. The summed E-state index contributed by atoms with van der Waals surface area (Å²) in [5.41, 5.74) is 0.566. The van der Waals surface area contributed by atoms with Crippen molar-refractivity contribution in [3.05, 3.63) is 72.7 Å². The van der Waals surface area contributed by atoms with Crippen molar-refractivity contribution in [3.63, 3.8) is 0 Å². The number of anilines is 2. The van der Waals surface area contributed by atoms with Crippen LogP contribution in [-0.4, -0.2) is 20.0 Å². The second-order valence-corrected chi connectivity index (χ2v) is 8.04. The van der Waals surface area contributed by atoms with Crippen LogP contribution in [-0.2, 0) is 9.84 Å². The molecule has 2 heterocycles. The van der Waals surface area contributed by atoms with Crippen molar-refractivity contribution in [2.75, 3.05) is 11.9 Å². The molecule has 0 saturated heterocycles. The molecular formula is C21H17FN2O5S. The Kier molecular flexibility index (Phi) is 5.28. The number of ether oxygens (including phenoxy) is 1. The number of hydrogen-bond donors (Lipinski definition) is 1. The molecule has 0 atom stereocenters. The number of halogens is 1. The smallest absolute Gasteiger partial charge is 0.266 e. The lowest BCUT2D eigenvalue weighted by atomic mass is 10.3. The van der Waals surface area contributed by atoms with Gasteiger partial charge in [0.2, 0.25) is 20.7 Å². The summed E-state index contributed by atoms with van der Waals surface area (Å²) < 4.78 is 55.9. The first-order valence-electron chi connectivity index (χ1n) is 9.02. The van der Waals surface area contributed by atoms with Gasteiger partial charge in [-0.05, 0) is 67.6 Å². The van der Waals surface area contributed by atoms with Crippen molar-refractivity contribution >= 4 is 21.4 Å². The summed E-state index contributed by atoms with van der Waals surface area (Å²) in [7, 11) is -4.09. The average molecular weight is 428 g/mol. The molecule has 2 aromatic carbocycles. The van der Waals surface area contributed by atoms with Crippen LogP contribution in [0.3, 0.4) is 0 Å². The number of benzene rings is 2. The van der Waals surface area contributed by atoms with E-state index in [4.69, 9.17) is 13.6 Å². The highest BCUT2D eigenvalue weighted by Crippen LogP contribution is 2.34. The zero-order chi connectivity index (χ0) is 21.1. The zero-order valence-corrected chi connectivity index (χ0v) is 16.6. The quantitative estimate of drug-likeness (QED) is 0.412. The lowest BCUT2D eigenvalue weighted by molar-refractivity contribution is 0.340. The topological polar surface area (TPSA) is 94.6 Å². The Morgan fingerprint density at radius 2 is 1.80 bits per heavy atom. The van der Waals surface area contributed by atoms with E-state index in [-0.39, 0.29) is 27.5 Å². The van der Waals surface area contributed by atoms with Gasteiger partial charge in [-0.1, -0.05) is 0 Å². The summed E-state index contributed by atoms with van der Waals surface area (Å²) in [6.07, 6.45) is 1.42. The van der Waals surface area contributed by atoms with Crippen molar-refractivity contribution in [1.29, 1.82) is 0 Å². The van der Waals surface area contributed by atoms with E-state index in [1.165, 1.54) is 18.4 Å². The van der Waals surface area contributed by atoms with Gasteiger partial charge in [-0.25, -0.2) is 12.8 Å². The van der Waals surface area contributed by atoms with Crippen molar-refractivity contribution in [2.24, 2.45) is 0 Å². The molecule has 9 heteroatoms. The number of hydrogen-bond acceptors (Lipinski definition) is 7. The van der Waals surface area contributed by atoms with Crippen LogP contribution < -0.4 is 10.1 Å². The molecule has 0 unspecified atom stereocenters. The molecule has 2 aromatic heterocycles. The molecular weight excluding hydrogens is 411 g/mol. The first-order chi connectivity index (χ1) is 14.5. The van der Waals surface area contributed by atoms with Crippen LogP contribution in [0.4, 0.5) is 16.0 Å². The molecule has 4 rings (SSSR count). The summed E-state index contributed by atoms with van der Waals surface area (Å²) in [6, 6.07) is 14.6. The van der Waals surface area contributed by atoms with Crippen LogP contribution in [0.5, 0.6) is 5.75 Å². The number of sulfone groups is 1. The van der Waals surface area contributed by atoms with Gasteiger partial charge < -0.3 is 18.9 Å². The Hall–Kier alpha value is -3.59. The maximum absolute atomic E-state index is 13.3. The first-order valence-corrected chi connectivity index (χ1v) is 10.5. The van der Waals surface area contributed by atoms with E-state index in [1.807, 2.05) is 6.92 Å². The van der Waals surface area contributed by atoms with E-state index < -0.39 is 15.7 Å². The van der Waals surface area contributed by atoms with Crippen molar-refractivity contribution in [1.82, 2.24) is 4.98 Å². The van der Waals surface area contributed by atoms with Gasteiger partial charge in [-0.15, -0.1) is 0 Å². The minimum absolute atomic E-state index is 0.00544. The van der Waals surface area contributed by atoms with E-state index >= 15 is 0 Å². The molecule has 0 bridgehead atoms. The predicted octanol–water partition coefficient (Wildman–Crippen LogP) is 5.05. The zero-order valence-electron chi connectivity index (χ0n) is 15.8. The highest BCUT2D eigenvalue weighted by atomic mass is 32.2. The van der Waals surface area contributed by atoms with Crippen molar-refractivity contribution < 1.29 is 26.4 Å². The van der Waals surface area contributed by atoms with E-state index in [2.05, 4.69) is 10.3 Å². The lowest BCUT2D eigenvalue weighted by Gasteiger charge is -2.07. The first kappa shape index (κ1) is 19.7. The summed E-state index contributed by atoms with van der Waals surface area (Å²) in [6.45, 7) is 2.41. The van der Waals surface area contributed by atoms with Crippen LogP contribution in [0.25, 0.3) is 11.7 Å². The van der Waals surface area contributed by atoms with Crippen LogP contribution in [0.2, 0.25) is 0 Å². The molecule has 30 heavy (non-hydrogen) atoms. The van der Waals surface area contributed by atoms with Crippen molar-refractivity contribution in [2.45, 2.75) is 16.8 Å². The Morgan fingerprint density at radius 3 is 2.43 bits per heavy atom. The van der Waals surface area contributed by atoms with Gasteiger partial charge in [-0.2, -0.15) is 4.98 Å². The third-order valence-corrected chi connectivity index (χ3v) is 5.81. The van der Waals surface area contributed by atoms with E-state index in [0.717, 1.165) is 12.1 Å². The highest BCUT2D eigenvalue weighted by molar-refractivity contribution is 7.91. The van der Waals surface area contributed by atoms with Gasteiger partial charge in [-0.3, -0.25) is 0 Å². The number of furan rings is 1. The van der Waals surface area contributed by atoms with Gasteiger partial charge in [0.1, 0.15) is 11.6 Å². The average Bonchev–Trinajstić information content (AvgIpc) is 3.40. The molecule has 0 amide bonds. The van der Waals surface area contributed by atoms with E-state index in [9.17, 15) is 12.8 Å². The maximum Gasteiger partial charge on any atom is 0.266 e. The van der Waals surface area contributed by atoms with Crippen LogP contribution in [0.15, 0.2) is 85.7 Å². The molecule has 0 fully saturated rings. The van der Waals surface area contributed by atoms with Crippen LogP contribution in [0, 0.1) is 5.82 Å². The summed E-state index contributed by atoms with van der Waals surface area (Å²) >= 11 is 0. The van der Waals surface area contributed by atoms with E-state index in [0.29, 0.717) is 18.0 Å². The Labute approximate surface area is 172 Å². The maximum atomic E-state index is 13.3. The highest BCUT2D eigenvalue weighted by Gasteiger charge is 2.29. The second-order valence-electron chi connectivity index (χ2n) is 6.17. The summed E-state index contributed by atoms with van der Waals surface area (Å²) in [4.78, 5) is 4.02. The molecule has 7 nitrogen and oxygen atoms in total. The van der Waals surface area contributed by atoms with Gasteiger partial charge in [0.25, 0.3) is 5.89 Å². The lowest BCUT2D eigenvalue weighted by Crippen LogP contribution is -2.05. The standard InChI is InChI=1S/C21H17FN2O5S/c1-2-27-16-9-7-15(8-10-16)23-20-21(24-19(29-20)18-4-3-13-28-18)30(25,26)17-11-5-14(22)6-12-17/h3-13,23H,2H2,1H3. The van der Waals surface area contributed by atoms with Crippen molar-refractivity contribution in [3.8, 4) is 17.4 Å². The molecule has 0 aliphatic rings. The van der Waals surface area contributed by atoms with E-state index in [1.54, 1.807) is 36.4 Å². The molecule has 0 aliphatic carbocycles. The molecule has 0 aliphatic heterocycles.